The molecule has 0 aromatic heterocycles. The van der Waals surface area contributed by atoms with Gasteiger partial charge in [0.05, 0.1) is 13.0 Å². The van der Waals surface area contributed by atoms with Gasteiger partial charge in [-0.3, -0.25) is 4.79 Å². The lowest BCUT2D eigenvalue weighted by Crippen LogP contribution is -2.16. The molecule has 1 atom stereocenters. The summed E-state index contributed by atoms with van der Waals surface area (Å²) in [5.41, 5.74) is 0.360. The first kappa shape index (κ1) is 9.56. The molecular weight excluding hydrogens is 152 g/mol. The van der Waals surface area contributed by atoms with Gasteiger partial charge >= 0.3 is 5.97 Å². The van der Waals surface area contributed by atoms with Crippen molar-refractivity contribution in [1.82, 2.24) is 0 Å². The van der Waals surface area contributed by atoms with E-state index in [1.54, 1.807) is 0 Å². The van der Waals surface area contributed by atoms with Crippen LogP contribution in [-0.2, 0) is 9.53 Å². The van der Waals surface area contributed by atoms with E-state index in [-0.39, 0.29) is 5.97 Å². The van der Waals surface area contributed by atoms with Gasteiger partial charge in [0.2, 0.25) is 0 Å². The maximum absolute atomic E-state index is 10.8. The van der Waals surface area contributed by atoms with Crippen molar-refractivity contribution < 1.29 is 9.53 Å². The number of rotatable bonds is 3. The largest absolute Gasteiger partial charge is 0.465 e. The zero-order valence-corrected chi connectivity index (χ0v) is 8.22. The molecule has 2 heteroatoms. The van der Waals surface area contributed by atoms with Crippen LogP contribution in [0, 0.1) is 11.3 Å². The summed E-state index contributed by atoms with van der Waals surface area (Å²) >= 11 is 0. The smallest absolute Gasteiger partial charge is 0.306 e. The first-order valence-corrected chi connectivity index (χ1v) is 4.69. The van der Waals surface area contributed by atoms with Crippen LogP contribution in [-0.4, -0.2) is 12.6 Å². The summed E-state index contributed by atoms with van der Waals surface area (Å²) in [7, 11) is 0. The Kier molecular flexibility index (Phi) is 2.76. The summed E-state index contributed by atoms with van der Waals surface area (Å²) in [5.74, 6) is 0.444. The Morgan fingerprint density at radius 3 is 2.67 bits per heavy atom. The molecule has 1 unspecified atom stereocenters. The van der Waals surface area contributed by atoms with Crippen LogP contribution in [0.15, 0.2) is 0 Å². The average Bonchev–Trinajstić information content (AvgIpc) is 2.35. The summed E-state index contributed by atoms with van der Waals surface area (Å²) in [4.78, 5) is 10.8. The molecule has 0 bridgehead atoms. The van der Waals surface area contributed by atoms with Crippen LogP contribution < -0.4 is 0 Å². The number of carbonyl (C=O) groups excluding carboxylic acids is 1. The van der Waals surface area contributed by atoms with Gasteiger partial charge in [-0.05, 0) is 11.8 Å². The Hall–Kier alpha value is -0.530. The van der Waals surface area contributed by atoms with Crippen molar-refractivity contribution in [3.8, 4) is 0 Å². The topological polar surface area (TPSA) is 26.3 Å². The minimum atomic E-state index is -0.0214. The lowest BCUT2D eigenvalue weighted by atomic mass is 9.80. The summed E-state index contributed by atoms with van der Waals surface area (Å²) in [6, 6.07) is 0. The molecule has 1 aliphatic rings. The minimum Gasteiger partial charge on any atom is -0.465 e. The molecule has 0 radical (unpaired) electrons. The minimum absolute atomic E-state index is 0.0214. The highest BCUT2D eigenvalue weighted by Crippen LogP contribution is 2.32. The maximum Gasteiger partial charge on any atom is 0.306 e. The second-order valence-corrected chi connectivity index (χ2v) is 4.48. The predicted molar refractivity (Wildman–Crippen MR) is 47.8 cm³/mol. The van der Waals surface area contributed by atoms with Crippen LogP contribution in [0.4, 0.5) is 0 Å². The highest BCUT2D eigenvalue weighted by atomic mass is 16.5. The van der Waals surface area contributed by atoms with Gasteiger partial charge in [-0.2, -0.15) is 0 Å². The molecule has 12 heavy (non-hydrogen) atoms. The van der Waals surface area contributed by atoms with E-state index in [0.29, 0.717) is 24.4 Å². The Labute approximate surface area is 74.3 Å². The van der Waals surface area contributed by atoms with E-state index < -0.39 is 0 Å². The predicted octanol–water partition coefficient (Wildman–Crippen LogP) is 2.38. The van der Waals surface area contributed by atoms with E-state index in [0.717, 1.165) is 12.8 Å². The van der Waals surface area contributed by atoms with Crippen molar-refractivity contribution in [1.29, 1.82) is 0 Å². The SMILES string of the molecule is CCC(C)(C)CC1COC(=O)C1. The molecule has 1 rings (SSSR count). The monoisotopic (exact) mass is 170 g/mol. The van der Waals surface area contributed by atoms with Gasteiger partial charge in [0.1, 0.15) is 0 Å². The fraction of sp³-hybridized carbons (Fsp3) is 0.900. The summed E-state index contributed by atoms with van der Waals surface area (Å²) in [5, 5.41) is 0. The molecule has 0 aromatic carbocycles. The first-order chi connectivity index (χ1) is 5.53. The van der Waals surface area contributed by atoms with Crippen molar-refractivity contribution in [2.24, 2.45) is 11.3 Å². The Morgan fingerprint density at radius 2 is 2.25 bits per heavy atom. The number of carbonyl (C=O) groups is 1. The Morgan fingerprint density at radius 1 is 1.58 bits per heavy atom. The van der Waals surface area contributed by atoms with Gasteiger partial charge in [-0.25, -0.2) is 0 Å². The van der Waals surface area contributed by atoms with E-state index in [4.69, 9.17) is 4.74 Å². The lowest BCUT2D eigenvalue weighted by Gasteiger charge is -2.24. The van der Waals surface area contributed by atoms with Crippen LogP contribution >= 0.6 is 0 Å². The number of esters is 1. The fourth-order valence-electron chi connectivity index (χ4n) is 1.62. The second kappa shape index (κ2) is 3.46. The van der Waals surface area contributed by atoms with Crippen LogP contribution in [0.2, 0.25) is 0 Å². The summed E-state index contributed by atoms with van der Waals surface area (Å²) < 4.78 is 4.92. The van der Waals surface area contributed by atoms with E-state index in [2.05, 4.69) is 20.8 Å². The van der Waals surface area contributed by atoms with E-state index in [1.807, 2.05) is 0 Å². The third-order valence-corrected chi connectivity index (χ3v) is 2.73. The molecular formula is C10H18O2. The first-order valence-electron chi connectivity index (χ1n) is 4.69. The second-order valence-electron chi connectivity index (χ2n) is 4.48. The van der Waals surface area contributed by atoms with Gasteiger partial charge < -0.3 is 4.74 Å². The number of cyclic esters (lactones) is 1. The molecule has 0 aliphatic carbocycles. The molecule has 1 aliphatic heterocycles. The third kappa shape index (κ3) is 2.50. The average molecular weight is 170 g/mol. The summed E-state index contributed by atoms with van der Waals surface area (Å²) in [6.45, 7) is 7.32. The molecule has 1 fully saturated rings. The van der Waals surface area contributed by atoms with Crippen molar-refractivity contribution >= 4 is 5.97 Å². The van der Waals surface area contributed by atoms with E-state index in [9.17, 15) is 4.79 Å². The normalized spacial score (nSPS) is 24.2. The highest BCUT2D eigenvalue weighted by molar-refractivity contribution is 5.71. The van der Waals surface area contributed by atoms with Crippen LogP contribution in [0.3, 0.4) is 0 Å². The van der Waals surface area contributed by atoms with Crippen molar-refractivity contribution in [2.75, 3.05) is 6.61 Å². The molecule has 70 valence electrons. The molecule has 0 N–H and O–H groups in total. The van der Waals surface area contributed by atoms with Gasteiger partial charge in [-0.15, -0.1) is 0 Å². The third-order valence-electron chi connectivity index (χ3n) is 2.73. The van der Waals surface area contributed by atoms with E-state index >= 15 is 0 Å². The fourth-order valence-corrected chi connectivity index (χ4v) is 1.62. The number of hydrogen-bond donors (Lipinski definition) is 0. The zero-order valence-electron chi connectivity index (χ0n) is 8.22. The standard InChI is InChI=1S/C10H18O2/c1-4-10(2,3)6-8-5-9(11)12-7-8/h8H,4-7H2,1-3H3. The Bertz CT molecular complexity index is 173. The van der Waals surface area contributed by atoms with Crippen LogP contribution in [0.5, 0.6) is 0 Å². The molecule has 2 nitrogen and oxygen atoms in total. The quantitative estimate of drug-likeness (QED) is 0.608. The van der Waals surface area contributed by atoms with Crippen LogP contribution in [0.1, 0.15) is 40.0 Å². The van der Waals surface area contributed by atoms with Gasteiger partial charge in [0.25, 0.3) is 0 Å². The molecule has 0 amide bonds. The molecule has 1 heterocycles. The van der Waals surface area contributed by atoms with Crippen molar-refractivity contribution in [2.45, 2.75) is 40.0 Å². The van der Waals surface area contributed by atoms with Gasteiger partial charge in [0.15, 0.2) is 0 Å². The maximum atomic E-state index is 10.8. The zero-order chi connectivity index (χ0) is 9.19. The lowest BCUT2D eigenvalue weighted by molar-refractivity contribution is -0.137. The summed E-state index contributed by atoms with van der Waals surface area (Å²) in [6.07, 6.45) is 2.90. The Balaban J connectivity index is 2.36. The molecule has 0 spiro atoms. The van der Waals surface area contributed by atoms with Crippen molar-refractivity contribution in [3.63, 3.8) is 0 Å². The molecule has 0 saturated carbocycles. The van der Waals surface area contributed by atoms with Crippen molar-refractivity contribution in [3.05, 3.63) is 0 Å². The molecule has 1 saturated heterocycles. The van der Waals surface area contributed by atoms with Crippen LogP contribution in [0.25, 0.3) is 0 Å². The van der Waals surface area contributed by atoms with E-state index in [1.165, 1.54) is 0 Å². The highest BCUT2D eigenvalue weighted by Gasteiger charge is 2.29. The number of hydrogen-bond acceptors (Lipinski definition) is 2. The number of ether oxygens (including phenoxy) is 1. The molecule has 0 aromatic rings. The van der Waals surface area contributed by atoms with Gasteiger partial charge in [0, 0.05) is 5.92 Å². The van der Waals surface area contributed by atoms with Gasteiger partial charge in [-0.1, -0.05) is 27.2 Å².